The van der Waals surface area contributed by atoms with Gasteiger partial charge in [0.1, 0.15) is 0 Å². The van der Waals surface area contributed by atoms with Crippen LogP contribution in [0.25, 0.3) is 0 Å². The summed E-state index contributed by atoms with van der Waals surface area (Å²) in [5.41, 5.74) is 0. The summed E-state index contributed by atoms with van der Waals surface area (Å²) >= 11 is 14.4. The molecule has 2 nitrogen and oxygen atoms in total. The van der Waals surface area contributed by atoms with Crippen LogP contribution in [-0.4, -0.2) is 52.6 Å². The molecule has 0 unspecified atom stereocenters. The van der Waals surface area contributed by atoms with Crippen LogP contribution in [-0.2, 0) is 4.79 Å². The molecule has 0 amide bonds. The van der Waals surface area contributed by atoms with Crippen LogP contribution in [0.3, 0.4) is 0 Å². The van der Waals surface area contributed by atoms with Crippen molar-refractivity contribution >= 4 is 78.5 Å². The van der Waals surface area contributed by atoms with Crippen LogP contribution in [0.1, 0.15) is 0 Å². The Morgan fingerprint density at radius 1 is 1.22 bits per heavy atom. The average molecular weight is 179 g/mol. The third-order valence-electron chi connectivity index (χ3n) is 0.243. The second-order valence-corrected chi connectivity index (χ2v) is 3.08. The zero-order chi connectivity index (χ0) is 6.08. The number of carboxylic acid groups (broad SMARTS) is 1. The van der Waals surface area contributed by atoms with Gasteiger partial charge in [0.05, 0.1) is 0 Å². The fourth-order valence-corrected chi connectivity index (χ4v) is 0. The molecule has 0 radical (unpaired) electrons. The number of carbonyl (C=O) groups is 1. The first-order valence-electron chi connectivity index (χ1n) is 1.24. The standard InChI is InChI=1S/C2HCl3O2.2Li.2H/c3-2(4,5)1(6)7;;;;/h(H,6,7);;;;. The first kappa shape index (κ1) is 16.9. The van der Waals surface area contributed by atoms with Crippen molar-refractivity contribution in [1.29, 1.82) is 0 Å². The van der Waals surface area contributed by atoms with Crippen molar-refractivity contribution in [1.82, 2.24) is 0 Å². The van der Waals surface area contributed by atoms with Crippen molar-refractivity contribution < 1.29 is 9.90 Å². The SMILES string of the molecule is O=C(O)C(Cl)(Cl)Cl.[LiH].[LiH]. The van der Waals surface area contributed by atoms with Gasteiger partial charge in [0.15, 0.2) is 0 Å². The van der Waals surface area contributed by atoms with Gasteiger partial charge >= 0.3 is 43.7 Å². The predicted octanol–water partition coefficient (Wildman–Crippen LogP) is 0.144. The Morgan fingerprint density at radius 2 is 1.33 bits per heavy atom. The van der Waals surface area contributed by atoms with Crippen LogP contribution < -0.4 is 0 Å². The summed E-state index contributed by atoms with van der Waals surface area (Å²) in [5, 5.41) is 7.85. The van der Waals surface area contributed by atoms with E-state index in [2.05, 4.69) is 0 Å². The van der Waals surface area contributed by atoms with Gasteiger partial charge in [0.25, 0.3) is 3.79 Å². The Kier molecular flexibility index (Phi) is 11.7. The average Bonchev–Trinajstić information content (AvgIpc) is 1.31. The predicted molar refractivity (Wildman–Crippen MR) is 42.2 cm³/mol. The molecule has 0 rings (SSSR count). The van der Waals surface area contributed by atoms with Gasteiger partial charge in [-0.15, -0.1) is 0 Å². The summed E-state index contributed by atoms with van der Waals surface area (Å²) in [6.45, 7) is 0. The van der Waals surface area contributed by atoms with E-state index < -0.39 is 9.76 Å². The van der Waals surface area contributed by atoms with Gasteiger partial charge in [-0.05, 0) is 0 Å². The molecule has 7 heteroatoms. The zero-order valence-corrected chi connectivity index (χ0v) is 5.26. The van der Waals surface area contributed by atoms with Crippen LogP contribution in [0.4, 0.5) is 0 Å². The van der Waals surface area contributed by atoms with Gasteiger partial charge in [0, 0.05) is 0 Å². The van der Waals surface area contributed by atoms with Crippen molar-refractivity contribution in [2.75, 3.05) is 0 Å². The minimum atomic E-state index is -2.17. The topological polar surface area (TPSA) is 37.3 Å². The Bertz CT molecular complexity index is 90.3. The van der Waals surface area contributed by atoms with Gasteiger partial charge in [-0.3, -0.25) is 0 Å². The number of aliphatic carboxylic acids is 1. The Hall–Kier alpha value is 1.53. The van der Waals surface area contributed by atoms with E-state index in [0.717, 1.165) is 0 Å². The summed E-state index contributed by atoms with van der Waals surface area (Å²) < 4.78 is -2.17. The molecule has 1 N–H and O–H groups in total. The third-order valence-corrected chi connectivity index (χ3v) is 0.728. The molecule has 0 spiro atoms. The van der Waals surface area contributed by atoms with Crippen molar-refractivity contribution in [3.8, 4) is 0 Å². The second-order valence-electron chi connectivity index (χ2n) is 0.803. The molecule has 0 aromatic carbocycles. The van der Waals surface area contributed by atoms with Crippen LogP contribution in [0.5, 0.6) is 0 Å². The molecular formula is C2H3Cl3Li2O2. The molecule has 0 aromatic rings. The van der Waals surface area contributed by atoms with Crippen molar-refractivity contribution in [2.45, 2.75) is 3.79 Å². The maximum absolute atomic E-state index is 9.62. The Morgan fingerprint density at radius 3 is 1.33 bits per heavy atom. The number of hydrogen-bond acceptors (Lipinski definition) is 1. The molecule has 0 aliphatic carbocycles. The van der Waals surface area contributed by atoms with Crippen LogP contribution in [0, 0.1) is 0 Å². The molecule has 0 aromatic heterocycles. The van der Waals surface area contributed by atoms with Gasteiger partial charge < -0.3 is 5.11 Å². The van der Waals surface area contributed by atoms with E-state index in [4.69, 9.17) is 39.9 Å². The van der Waals surface area contributed by atoms with Crippen molar-refractivity contribution in [3.05, 3.63) is 0 Å². The molecule has 0 atom stereocenters. The monoisotopic (exact) mass is 178 g/mol. The van der Waals surface area contributed by atoms with Gasteiger partial charge in [-0.1, -0.05) is 34.8 Å². The molecule has 0 aliphatic rings. The van der Waals surface area contributed by atoms with E-state index in [1.54, 1.807) is 0 Å². The summed E-state index contributed by atoms with van der Waals surface area (Å²) in [4.78, 5) is 9.62. The van der Waals surface area contributed by atoms with Gasteiger partial charge in [-0.2, -0.15) is 0 Å². The molecule has 0 saturated heterocycles. The molecule has 46 valence electrons. The fraction of sp³-hybridized carbons (Fsp3) is 0.500. The first-order valence-corrected chi connectivity index (χ1v) is 2.38. The third kappa shape index (κ3) is 9.53. The number of rotatable bonds is 0. The van der Waals surface area contributed by atoms with Crippen molar-refractivity contribution in [3.63, 3.8) is 0 Å². The molecular weight excluding hydrogens is 176 g/mol. The number of carboxylic acids is 1. The van der Waals surface area contributed by atoms with E-state index in [1.807, 2.05) is 0 Å². The maximum atomic E-state index is 9.62. The minimum absolute atomic E-state index is 0. The Balaban J connectivity index is -0.000000180. The zero-order valence-electron chi connectivity index (χ0n) is 2.99. The van der Waals surface area contributed by atoms with Crippen LogP contribution in [0.15, 0.2) is 0 Å². The van der Waals surface area contributed by atoms with Crippen LogP contribution in [0.2, 0.25) is 0 Å². The summed E-state index contributed by atoms with van der Waals surface area (Å²) in [5.74, 6) is -1.46. The van der Waals surface area contributed by atoms with E-state index >= 15 is 0 Å². The molecule has 0 saturated carbocycles. The van der Waals surface area contributed by atoms with Crippen LogP contribution >= 0.6 is 34.8 Å². The molecule has 0 heterocycles. The van der Waals surface area contributed by atoms with E-state index in [9.17, 15) is 4.79 Å². The van der Waals surface area contributed by atoms with E-state index in [-0.39, 0.29) is 37.7 Å². The molecule has 0 bridgehead atoms. The fourth-order valence-electron chi connectivity index (χ4n) is 0. The number of hydrogen-bond donors (Lipinski definition) is 1. The van der Waals surface area contributed by atoms with E-state index in [1.165, 1.54) is 0 Å². The Labute approximate surface area is 91.6 Å². The molecule has 0 fully saturated rings. The van der Waals surface area contributed by atoms with Crippen molar-refractivity contribution in [2.24, 2.45) is 0 Å². The summed E-state index contributed by atoms with van der Waals surface area (Å²) in [7, 11) is 0. The van der Waals surface area contributed by atoms with E-state index in [0.29, 0.717) is 0 Å². The first-order chi connectivity index (χ1) is 2.94. The summed E-state index contributed by atoms with van der Waals surface area (Å²) in [6, 6.07) is 0. The second kappa shape index (κ2) is 6.26. The molecule has 9 heavy (non-hydrogen) atoms. The normalized spacial score (nSPS) is 8.78. The summed E-state index contributed by atoms with van der Waals surface area (Å²) in [6.07, 6.45) is 0. The van der Waals surface area contributed by atoms with Gasteiger partial charge in [0.2, 0.25) is 0 Å². The molecule has 0 aliphatic heterocycles. The quantitative estimate of drug-likeness (QED) is 0.424. The number of halogens is 3. The number of alkyl halides is 3. The van der Waals surface area contributed by atoms with Gasteiger partial charge in [-0.25, -0.2) is 4.79 Å².